The molecular formula is C35H46N8O3. The maximum Gasteiger partial charge on any atom is 0.229 e. The number of anilines is 3. The zero-order valence-corrected chi connectivity index (χ0v) is 26.6. The Morgan fingerprint density at radius 3 is 2.41 bits per heavy atom. The van der Waals surface area contributed by atoms with Gasteiger partial charge in [-0.25, -0.2) is 4.98 Å². The average Bonchev–Trinajstić information content (AvgIpc) is 3.73. The highest BCUT2D eigenvalue weighted by Crippen LogP contribution is 2.39. The maximum absolute atomic E-state index is 6.25. The predicted molar refractivity (Wildman–Crippen MR) is 177 cm³/mol. The minimum absolute atomic E-state index is 0.267. The van der Waals surface area contributed by atoms with Crippen molar-refractivity contribution in [3.63, 3.8) is 0 Å². The van der Waals surface area contributed by atoms with Gasteiger partial charge < -0.3 is 29.4 Å². The highest BCUT2D eigenvalue weighted by Gasteiger charge is 2.33. The van der Waals surface area contributed by atoms with Crippen LogP contribution in [0.2, 0.25) is 0 Å². The van der Waals surface area contributed by atoms with E-state index in [1.165, 1.54) is 18.4 Å². The number of rotatable bonds is 10. The molecule has 2 aliphatic heterocycles. The summed E-state index contributed by atoms with van der Waals surface area (Å²) in [7, 11) is 0. The minimum Gasteiger partial charge on any atom is -0.381 e. The van der Waals surface area contributed by atoms with Crippen LogP contribution in [0.5, 0.6) is 0 Å². The number of nitrogens with one attached hydrogen (secondary N) is 2. The quantitative estimate of drug-likeness (QED) is 0.230. The van der Waals surface area contributed by atoms with Crippen molar-refractivity contribution in [2.24, 2.45) is 0 Å². The van der Waals surface area contributed by atoms with E-state index < -0.39 is 0 Å². The van der Waals surface area contributed by atoms with Crippen LogP contribution < -0.4 is 10.6 Å². The van der Waals surface area contributed by atoms with Gasteiger partial charge >= 0.3 is 0 Å². The molecule has 1 aromatic carbocycles. The molecule has 4 fully saturated rings. The summed E-state index contributed by atoms with van der Waals surface area (Å²) in [5, 5.41) is 12.0. The molecule has 244 valence electrons. The fourth-order valence-electron chi connectivity index (χ4n) is 7.62. The fraction of sp³-hybridized carbons (Fsp3) is 0.571. The number of ether oxygens (including phenoxy) is 3. The summed E-state index contributed by atoms with van der Waals surface area (Å²) in [5.74, 6) is 1.51. The molecule has 0 unspecified atom stereocenters. The van der Waals surface area contributed by atoms with Crippen molar-refractivity contribution in [3.8, 4) is 0 Å². The number of fused-ring (bicyclic) bond motifs is 1. The third-order valence-electron chi connectivity index (χ3n) is 10.4. The highest BCUT2D eigenvalue weighted by molar-refractivity contribution is 5.88. The molecule has 0 radical (unpaired) electrons. The average molecular weight is 627 g/mol. The lowest BCUT2D eigenvalue weighted by atomic mass is 9.88. The third kappa shape index (κ3) is 6.64. The molecule has 0 atom stereocenters. The Hall–Kier alpha value is -3.51. The van der Waals surface area contributed by atoms with E-state index in [0.29, 0.717) is 36.7 Å². The topological polar surface area (TPSA) is 104 Å². The van der Waals surface area contributed by atoms with E-state index in [4.69, 9.17) is 24.2 Å². The van der Waals surface area contributed by atoms with Gasteiger partial charge in [-0.2, -0.15) is 10.1 Å². The predicted octanol–water partition coefficient (Wildman–Crippen LogP) is 5.70. The molecule has 0 bridgehead atoms. The molecule has 2 aliphatic carbocycles. The van der Waals surface area contributed by atoms with Crippen molar-refractivity contribution in [2.45, 2.75) is 88.2 Å². The molecule has 46 heavy (non-hydrogen) atoms. The van der Waals surface area contributed by atoms with E-state index in [1.54, 1.807) is 0 Å². The van der Waals surface area contributed by atoms with Crippen LogP contribution in [-0.2, 0) is 20.8 Å². The molecule has 0 amide bonds. The van der Waals surface area contributed by atoms with Crippen LogP contribution in [0, 0.1) is 0 Å². The third-order valence-corrected chi connectivity index (χ3v) is 10.4. The zero-order chi connectivity index (χ0) is 30.7. The Morgan fingerprint density at radius 1 is 0.826 bits per heavy atom. The lowest BCUT2D eigenvalue weighted by Gasteiger charge is -2.39. The van der Waals surface area contributed by atoms with Crippen LogP contribution in [0.25, 0.3) is 11.0 Å². The first-order valence-electron chi connectivity index (χ1n) is 17.3. The van der Waals surface area contributed by atoms with E-state index in [1.807, 2.05) is 12.3 Å². The van der Waals surface area contributed by atoms with Crippen molar-refractivity contribution in [3.05, 3.63) is 60.6 Å². The van der Waals surface area contributed by atoms with Gasteiger partial charge in [0.05, 0.1) is 49.4 Å². The Morgan fingerprint density at radius 2 is 1.61 bits per heavy atom. The molecule has 11 nitrogen and oxygen atoms in total. The number of aromatic nitrogens is 5. The summed E-state index contributed by atoms with van der Waals surface area (Å²) < 4.78 is 21.8. The molecule has 5 heterocycles. The van der Waals surface area contributed by atoms with E-state index in [2.05, 4.69) is 72.6 Å². The molecule has 2 saturated carbocycles. The number of hydrogen-bond donors (Lipinski definition) is 2. The summed E-state index contributed by atoms with van der Waals surface area (Å²) in [5.41, 5.74) is 4.16. The van der Waals surface area contributed by atoms with Crippen molar-refractivity contribution in [1.82, 2.24) is 29.2 Å². The number of morpholine rings is 1. The SMILES string of the molecule is c1ccc(COC2CC(n3ccc4nc(Nc5cnn(C6CCOCC6)c5)nc(N[C@H]5CC[C@H](N6CCOCC6)CC5)c43)C2)cc1. The summed E-state index contributed by atoms with van der Waals surface area (Å²) in [6.45, 7) is 6.06. The lowest BCUT2D eigenvalue weighted by Crippen LogP contribution is -2.46. The first-order chi connectivity index (χ1) is 22.7. The second-order valence-corrected chi connectivity index (χ2v) is 13.4. The van der Waals surface area contributed by atoms with Crippen molar-refractivity contribution in [1.29, 1.82) is 0 Å². The second kappa shape index (κ2) is 13.7. The Bertz CT molecular complexity index is 1570. The van der Waals surface area contributed by atoms with E-state index >= 15 is 0 Å². The zero-order valence-electron chi connectivity index (χ0n) is 26.6. The fourth-order valence-corrected chi connectivity index (χ4v) is 7.62. The van der Waals surface area contributed by atoms with Gasteiger partial charge in [0.1, 0.15) is 5.52 Å². The van der Waals surface area contributed by atoms with Crippen molar-refractivity contribution < 1.29 is 14.2 Å². The summed E-state index contributed by atoms with van der Waals surface area (Å²) >= 11 is 0. The maximum atomic E-state index is 6.25. The van der Waals surface area contributed by atoms with Crippen LogP contribution >= 0.6 is 0 Å². The lowest BCUT2D eigenvalue weighted by molar-refractivity contribution is -0.0347. The standard InChI is InChI=1S/C35H46N8O3/c1-2-4-25(5-3-1)24-46-31-20-30(21-31)42-13-10-32-33(42)34(37-26-6-8-28(9-7-26)41-14-18-45-19-15-41)40-35(39-32)38-27-22-36-43(23-27)29-11-16-44-17-12-29/h1-5,10,13,22-23,26,28-31H,6-9,11-12,14-21,24H2,(H2,37,38,39,40)/t26-,28-,30?,31?. The van der Waals surface area contributed by atoms with Crippen LogP contribution in [-0.4, -0.2) is 86.9 Å². The molecule has 2 saturated heterocycles. The summed E-state index contributed by atoms with van der Waals surface area (Å²) in [6, 6.07) is 14.3. The van der Waals surface area contributed by atoms with Crippen molar-refractivity contribution >= 4 is 28.5 Å². The Balaban J connectivity index is 0.991. The monoisotopic (exact) mass is 626 g/mol. The highest BCUT2D eigenvalue weighted by atomic mass is 16.5. The van der Waals surface area contributed by atoms with Crippen LogP contribution in [0.1, 0.15) is 69.0 Å². The first kappa shape index (κ1) is 29.9. The molecule has 4 aliphatic rings. The minimum atomic E-state index is 0.267. The van der Waals surface area contributed by atoms with E-state index in [-0.39, 0.29) is 6.10 Å². The molecule has 0 spiro atoms. The first-order valence-corrected chi connectivity index (χ1v) is 17.3. The van der Waals surface area contributed by atoms with Gasteiger partial charge in [0.15, 0.2) is 5.82 Å². The van der Waals surface area contributed by atoms with Gasteiger partial charge in [-0.3, -0.25) is 9.58 Å². The number of nitrogens with zero attached hydrogens (tertiary/aromatic N) is 6. The van der Waals surface area contributed by atoms with Crippen LogP contribution in [0.15, 0.2) is 55.0 Å². The smallest absolute Gasteiger partial charge is 0.229 e. The van der Waals surface area contributed by atoms with Gasteiger partial charge in [0.25, 0.3) is 0 Å². The summed E-state index contributed by atoms with van der Waals surface area (Å²) in [4.78, 5) is 12.7. The van der Waals surface area contributed by atoms with Crippen LogP contribution in [0.3, 0.4) is 0 Å². The van der Waals surface area contributed by atoms with E-state index in [9.17, 15) is 0 Å². The van der Waals surface area contributed by atoms with Gasteiger partial charge in [-0.1, -0.05) is 30.3 Å². The molecule has 11 heteroatoms. The molecule has 3 aromatic heterocycles. The van der Waals surface area contributed by atoms with Gasteiger partial charge in [0, 0.05) is 56.8 Å². The van der Waals surface area contributed by atoms with Gasteiger partial charge in [-0.15, -0.1) is 0 Å². The largest absolute Gasteiger partial charge is 0.381 e. The Labute approximate surface area is 270 Å². The summed E-state index contributed by atoms with van der Waals surface area (Å²) in [6.07, 6.45) is 15.0. The second-order valence-electron chi connectivity index (χ2n) is 13.4. The molecule has 2 N–H and O–H groups in total. The van der Waals surface area contributed by atoms with Gasteiger partial charge in [-0.05, 0) is 63.0 Å². The van der Waals surface area contributed by atoms with Gasteiger partial charge in [0.2, 0.25) is 5.95 Å². The Kier molecular flexibility index (Phi) is 8.89. The molecule has 8 rings (SSSR count). The van der Waals surface area contributed by atoms with Crippen LogP contribution in [0.4, 0.5) is 17.5 Å². The van der Waals surface area contributed by atoms with E-state index in [0.717, 1.165) is 101 Å². The molecule has 4 aromatic rings. The number of hydrogen-bond acceptors (Lipinski definition) is 9. The number of benzene rings is 1. The molecular weight excluding hydrogens is 580 g/mol. The normalized spacial score (nSPS) is 26.2. The van der Waals surface area contributed by atoms with Crippen molar-refractivity contribution in [2.75, 3.05) is 50.2 Å².